The minimum Gasteiger partial charge on any atom is -0.306 e. The van der Waals surface area contributed by atoms with Crippen LogP contribution in [0.5, 0.6) is 0 Å². The normalized spacial score (nSPS) is 29.6. The predicted octanol–water partition coefficient (Wildman–Crippen LogP) is 2.21. The number of anilines is 1. The maximum atomic E-state index is 13.7. The summed E-state index contributed by atoms with van der Waals surface area (Å²) in [6, 6.07) is 16.7. The molecular formula is C24H23N3O3. The van der Waals surface area contributed by atoms with E-state index in [-0.39, 0.29) is 30.3 Å². The molecule has 152 valence electrons. The van der Waals surface area contributed by atoms with E-state index in [0.29, 0.717) is 6.54 Å². The molecule has 3 amide bonds. The number of carbonyl (C=O) groups is 3. The Balaban J connectivity index is 1.60. The van der Waals surface area contributed by atoms with Crippen LogP contribution in [-0.4, -0.2) is 35.2 Å². The highest BCUT2D eigenvalue weighted by molar-refractivity contribution is 6.16. The van der Waals surface area contributed by atoms with E-state index in [1.54, 1.807) is 11.0 Å². The molecule has 3 aliphatic rings. The average molecular weight is 401 g/mol. The van der Waals surface area contributed by atoms with Gasteiger partial charge in [0.2, 0.25) is 11.8 Å². The Morgan fingerprint density at radius 2 is 1.70 bits per heavy atom. The molecule has 0 saturated carbocycles. The largest absolute Gasteiger partial charge is 0.306 e. The van der Waals surface area contributed by atoms with Crippen molar-refractivity contribution in [1.82, 2.24) is 10.2 Å². The predicted molar refractivity (Wildman–Crippen MR) is 112 cm³/mol. The fourth-order valence-corrected chi connectivity index (χ4v) is 5.40. The van der Waals surface area contributed by atoms with Gasteiger partial charge in [0, 0.05) is 23.8 Å². The first kappa shape index (κ1) is 18.8. The van der Waals surface area contributed by atoms with Crippen molar-refractivity contribution < 1.29 is 14.4 Å². The Labute approximate surface area is 175 Å². The summed E-state index contributed by atoms with van der Waals surface area (Å²) >= 11 is 0. The van der Waals surface area contributed by atoms with Crippen LogP contribution in [0, 0.1) is 11.8 Å². The van der Waals surface area contributed by atoms with Gasteiger partial charge in [0.25, 0.3) is 5.91 Å². The number of hydrogen-bond donors (Lipinski definition) is 1. The number of para-hydroxylation sites is 1. The maximum Gasteiger partial charge on any atom is 0.253 e. The van der Waals surface area contributed by atoms with Crippen LogP contribution in [0.3, 0.4) is 0 Å². The summed E-state index contributed by atoms with van der Waals surface area (Å²) < 4.78 is 0. The summed E-state index contributed by atoms with van der Waals surface area (Å²) in [6.45, 7) is 6.23. The topological polar surface area (TPSA) is 69.7 Å². The lowest BCUT2D eigenvalue weighted by Crippen LogP contribution is -2.54. The zero-order valence-electron chi connectivity index (χ0n) is 16.7. The molecule has 2 fully saturated rings. The number of nitrogens with zero attached hydrogens (tertiary/aromatic N) is 2. The highest BCUT2D eigenvalue weighted by atomic mass is 16.2. The number of benzene rings is 2. The van der Waals surface area contributed by atoms with E-state index < -0.39 is 17.4 Å². The van der Waals surface area contributed by atoms with Crippen LogP contribution >= 0.6 is 0 Å². The Kier molecular flexibility index (Phi) is 4.15. The van der Waals surface area contributed by atoms with E-state index in [2.05, 4.69) is 11.9 Å². The minimum absolute atomic E-state index is 0.189. The van der Waals surface area contributed by atoms with Gasteiger partial charge in [0.1, 0.15) is 5.54 Å². The Bertz CT molecular complexity index is 1070. The number of amides is 3. The number of fused-ring (bicyclic) bond motifs is 4. The van der Waals surface area contributed by atoms with Crippen LogP contribution in [0.15, 0.2) is 67.3 Å². The van der Waals surface area contributed by atoms with Crippen molar-refractivity contribution in [3.63, 3.8) is 0 Å². The molecule has 2 aromatic rings. The minimum atomic E-state index is -1.22. The first-order valence-electron chi connectivity index (χ1n) is 10.2. The second-order valence-corrected chi connectivity index (χ2v) is 8.21. The second-order valence-electron chi connectivity index (χ2n) is 8.21. The molecule has 0 radical (unpaired) electrons. The van der Waals surface area contributed by atoms with E-state index >= 15 is 0 Å². The van der Waals surface area contributed by atoms with Crippen LogP contribution in [0.2, 0.25) is 0 Å². The van der Waals surface area contributed by atoms with Crippen molar-refractivity contribution >= 4 is 23.4 Å². The molecule has 0 aromatic heterocycles. The van der Waals surface area contributed by atoms with Crippen molar-refractivity contribution in [2.45, 2.75) is 25.0 Å². The molecule has 1 N–H and O–H groups in total. The maximum absolute atomic E-state index is 13.7. The number of nitrogens with one attached hydrogen (secondary N) is 1. The lowest BCUT2D eigenvalue weighted by molar-refractivity contribution is -0.143. The highest BCUT2D eigenvalue weighted by Gasteiger charge is 2.70. The summed E-state index contributed by atoms with van der Waals surface area (Å²) in [7, 11) is 0. The lowest BCUT2D eigenvalue weighted by Gasteiger charge is -2.30. The van der Waals surface area contributed by atoms with Crippen LogP contribution in [-0.2, 0) is 26.5 Å². The van der Waals surface area contributed by atoms with Gasteiger partial charge < -0.3 is 4.90 Å². The van der Waals surface area contributed by atoms with Gasteiger partial charge in [-0.05, 0) is 18.6 Å². The third-order valence-corrected chi connectivity index (χ3v) is 6.60. The Morgan fingerprint density at radius 3 is 2.43 bits per heavy atom. The zero-order valence-corrected chi connectivity index (χ0v) is 16.7. The van der Waals surface area contributed by atoms with Gasteiger partial charge >= 0.3 is 0 Å². The summed E-state index contributed by atoms with van der Waals surface area (Å²) in [4.78, 5) is 43.6. The Morgan fingerprint density at radius 1 is 1.00 bits per heavy atom. The van der Waals surface area contributed by atoms with Crippen molar-refractivity contribution in [3.05, 3.63) is 78.4 Å². The number of carbonyl (C=O) groups excluding carboxylic acids is 3. The molecule has 30 heavy (non-hydrogen) atoms. The van der Waals surface area contributed by atoms with Crippen molar-refractivity contribution in [2.24, 2.45) is 11.8 Å². The Hall–Kier alpha value is -3.25. The molecule has 0 bridgehead atoms. The van der Waals surface area contributed by atoms with E-state index in [1.165, 1.54) is 4.90 Å². The SMILES string of the molecule is C=CCN1C(=O)[C@]2(N[C@H](C)[C@H]3C(=O)N(Cc4ccccc4)C(=O)[C@H]32)c2ccccc21. The van der Waals surface area contributed by atoms with Gasteiger partial charge in [-0.25, -0.2) is 0 Å². The zero-order chi connectivity index (χ0) is 21.0. The van der Waals surface area contributed by atoms with E-state index in [4.69, 9.17) is 0 Å². The molecule has 4 atom stereocenters. The van der Waals surface area contributed by atoms with Gasteiger partial charge in [0.05, 0.1) is 18.4 Å². The standard InChI is InChI=1S/C24H23N3O3/c1-3-13-26-18-12-8-7-11-17(18)24(23(26)30)20-19(15(2)25-24)21(28)27(22(20)29)14-16-9-5-4-6-10-16/h3-12,15,19-20,25H,1,13-14H2,2H3/t15-,19-,20+,24+/m1/s1. The molecule has 6 nitrogen and oxygen atoms in total. The molecule has 6 heteroatoms. The molecule has 5 rings (SSSR count). The molecule has 3 heterocycles. The van der Waals surface area contributed by atoms with Crippen molar-refractivity contribution in [1.29, 1.82) is 0 Å². The fraction of sp³-hybridized carbons (Fsp3) is 0.292. The third-order valence-electron chi connectivity index (χ3n) is 6.60. The second kappa shape index (κ2) is 6.64. The smallest absolute Gasteiger partial charge is 0.253 e. The first-order valence-corrected chi connectivity index (χ1v) is 10.2. The molecule has 2 saturated heterocycles. The molecule has 1 spiro atoms. The van der Waals surface area contributed by atoms with Gasteiger partial charge in [-0.15, -0.1) is 6.58 Å². The summed E-state index contributed by atoms with van der Waals surface area (Å²) in [5, 5.41) is 3.38. The van der Waals surface area contributed by atoms with Gasteiger partial charge in [-0.2, -0.15) is 0 Å². The lowest BCUT2D eigenvalue weighted by atomic mass is 9.76. The number of imide groups is 1. The van der Waals surface area contributed by atoms with Crippen molar-refractivity contribution in [2.75, 3.05) is 11.4 Å². The molecule has 0 aliphatic carbocycles. The fourth-order valence-electron chi connectivity index (χ4n) is 5.40. The number of hydrogen-bond acceptors (Lipinski definition) is 4. The molecule has 3 aliphatic heterocycles. The molecule has 2 aromatic carbocycles. The van der Waals surface area contributed by atoms with Crippen LogP contribution in [0.4, 0.5) is 5.69 Å². The summed E-state index contributed by atoms with van der Waals surface area (Å²) in [5.41, 5.74) is 1.20. The van der Waals surface area contributed by atoms with E-state index in [0.717, 1.165) is 16.8 Å². The van der Waals surface area contributed by atoms with Crippen LogP contribution < -0.4 is 10.2 Å². The molecular weight excluding hydrogens is 378 g/mol. The highest BCUT2D eigenvalue weighted by Crippen LogP contribution is 2.54. The van der Waals surface area contributed by atoms with E-state index in [9.17, 15) is 14.4 Å². The third kappa shape index (κ3) is 2.31. The number of likely N-dealkylation sites (tertiary alicyclic amines) is 1. The molecule has 0 unspecified atom stereocenters. The van der Waals surface area contributed by atoms with Crippen LogP contribution in [0.1, 0.15) is 18.1 Å². The quantitative estimate of drug-likeness (QED) is 0.630. The first-order chi connectivity index (χ1) is 14.5. The van der Waals surface area contributed by atoms with Crippen molar-refractivity contribution in [3.8, 4) is 0 Å². The van der Waals surface area contributed by atoms with E-state index in [1.807, 2.05) is 61.5 Å². The van der Waals surface area contributed by atoms with Crippen LogP contribution in [0.25, 0.3) is 0 Å². The number of rotatable bonds is 4. The van der Waals surface area contributed by atoms with Gasteiger partial charge in [0.15, 0.2) is 0 Å². The average Bonchev–Trinajstić information content (AvgIpc) is 3.29. The van der Waals surface area contributed by atoms with Gasteiger partial charge in [-0.1, -0.05) is 54.6 Å². The van der Waals surface area contributed by atoms with Gasteiger partial charge in [-0.3, -0.25) is 24.6 Å². The summed E-state index contributed by atoms with van der Waals surface area (Å²) in [6.07, 6.45) is 1.67. The monoisotopic (exact) mass is 401 g/mol. The summed E-state index contributed by atoms with van der Waals surface area (Å²) in [5.74, 6) is -2.01.